The molecule has 3 aromatic rings. The molecule has 5 rings (SSSR count). The van der Waals surface area contributed by atoms with Gasteiger partial charge in [0.05, 0.1) is 4.70 Å². The number of thiophene rings is 1. The fourth-order valence-electron chi connectivity index (χ4n) is 4.98. The number of nitrogens with zero attached hydrogens (tertiary/aromatic N) is 3. The molecule has 0 unspecified atom stereocenters. The van der Waals surface area contributed by atoms with Crippen molar-refractivity contribution < 1.29 is 9.53 Å². The minimum Gasteiger partial charge on any atom is -0.444 e. The van der Waals surface area contributed by atoms with Gasteiger partial charge >= 0.3 is 6.09 Å². The normalized spacial score (nSPS) is 21.9. The lowest BCUT2D eigenvalue weighted by Gasteiger charge is -2.36. The van der Waals surface area contributed by atoms with Crippen LogP contribution in [0.15, 0.2) is 41.8 Å². The van der Waals surface area contributed by atoms with Gasteiger partial charge < -0.3 is 15.0 Å². The number of alkyl carbamates (subject to hydrolysis) is 1. The van der Waals surface area contributed by atoms with E-state index >= 15 is 0 Å². The monoisotopic (exact) mass is 484 g/mol. The summed E-state index contributed by atoms with van der Waals surface area (Å²) in [4.78, 5) is 18.2. The fourth-order valence-corrected chi connectivity index (χ4v) is 6.40. The van der Waals surface area contributed by atoms with Crippen molar-refractivity contribution in [2.24, 2.45) is 5.92 Å². The molecule has 0 spiro atoms. The van der Waals surface area contributed by atoms with Crippen LogP contribution in [0.3, 0.4) is 0 Å². The molecule has 1 N–H and O–H groups in total. The summed E-state index contributed by atoms with van der Waals surface area (Å²) in [5.74, 6) is 1.93. The van der Waals surface area contributed by atoms with Crippen molar-refractivity contribution in [3.8, 4) is 0 Å². The van der Waals surface area contributed by atoms with Crippen LogP contribution >= 0.6 is 22.9 Å². The third-order valence-electron chi connectivity index (χ3n) is 6.98. The van der Waals surface area contributed by atoms with E-state index in [-0.39, 0.29) is 12.1 Å². The van der Waals surface area contributed by atoms with Gasteiger partial charge in [-0.05, 0) is 79.7 Å². The van der Waals surface area contributed by atoms with E-state index in [9.17, 15) is 4.79 Å². The highest BCUT2D eigenvalue weighted by atomic mass is 32.1. The Kier molecular flexibility index (Phi) is 7.43. The zero-order valence-electron chi connectivity index (χ0n) is 18.9. The van der Waals surface area contributed by atoms with E-state index in [1.165, 1.54) is 35.9 Å². The molecule has 2 aromatic heterocycles. The number of benzene rings is 1. The Labute approximate surface area is 203 Å². The van der Waals surface area contributed by atoms with Crippen LogP contribution in [0.1, 0.15) is 37.0 Å². The maximum atomic E-state index is 12.1. The summed E-state index contributed by atoms with van der Waals surface area (Å²) in [6.45, 7) is 5.87. The smallest absolute Gasteiger partial charge is 0.407 e. The van der Waals surface area contributed by atoms with Crippen LogP contribution in [0.5, 0.6) is 0 Å². The molecule has 1 saturated carbocycles. The molecule has 0 atom stereocenters. The summed E-state index contributed by atoms with van der Waals surface area (Å²) in [6, 6.07) is 12.8. The molecule has 2 fully saturated rings. The van der Waals surface area contributed by atoms with E-state index in [0.29, 0.717) is 6.61 Å². The van der Waals surface area contributed by atoms with Crippen molar-refractivity contribution in [1.29, 1.82) is 0 Å². The van der Waals surface area contributed by atoms with Gasteiger partial charge in [0.2, 0.25) is 0 Å². The summed E-state index contributed by atoms with van der Waals surface area (Å²) < 4.78 is 11.3. The molecule has 0 radical (unpaired) electrons. The molecule has 8 heteroatoms. The summed E-state index contributed by atoms with van der Waals surface area (Å²) in [5, 5.41) is 6.35. The van der Waals surface area contributed by atoms with Gasteiger partial charge in [0.15, 0.2) is 0 Å². The van der Waals surface area contributed by atoms with Gasteiger partial charge in [-0.3, -0.25) is 4.90 Å². The van der Waals surface area contributed by atoms with Crippen LogP contribution in [0.4, 0.5) is 10.6 Å². The Morgan fingerprint density at radius 1 is 1.06 bits per heavy atom. The zero-order valence-corrected chi connectivity index (χ0v) is 20.6. The Balaban J connectivity index is 0.985. The average Bonchev–Trinajstić information content (AvgIpc) is 3.53. The number of carbonyl (C=O) groups is 1. The molecule has 0 bridgehead atoms. The van der Waals surface area contributed by atoms with Crippen LogP contribution in [0.25, 0.3) is 10.1 Å². The second kappa shape index (κ2) is 10.8. The summed E-state index contributed by atoms with van der Waals surface area (Å²) in [6.07, 6.45) is 5.49. The van der Waals surface area contributed by atoms with Crippen LogP contribution in [-0.4, -0.2) is 54.1 Å². The number of rotatable bonds is 7. The number of amides is 1. The van der Waals surface area contributed by atoms with E-state index in [1.54, 1.807) is 22.9 Å². The first-order chi connectivity index (χ1) is 16.2. The molecular weight excluding hydrogens is 452 g/mol. The lowest BCUT2D eigenvalue weighted by Crippen LogP contribution is -2.47. The summed E-state index contributed by atoms with van der Waals surface area (Å²) in [7, 11) is 0. The minimum absolute atomic E-state index is 0.258. The number of aromatic nitrogens is 1. The van der Waals surface area contributed by atoms with Gasteiger partial charge in [-0.1, -0.05) is 18.2 Å². The summed E-state index contributed by atoms with van der Waals surface area (Å²) in [5.41, 5.74) is 0. The van der Waals surface area contributed by atoms with E-state index in [1.807, 2.05) is 17.5 Å². The average molecular weight is 485 g/mol. The number of hydrogen-bond acceptors (Lipinski definition) is 7. The Morgan fingerprint density at radius 3 is 2.67 bits per heavy atom. The molecule has 2 aliphatic rings. The SMILES string of the molecule is O=C(NC1CCC(CCN2CCN(c3nsc4ccccc34)CC2)CC1)OCc1cccs1. The molecule has 1 aliphatic heterocycles. The Morgan fingerprint density at radius 2 is 1.88 bits per heavy atom. The molecule has 1 aromatic carbocycles. The first-order valence-corrected chi connectivity index (χ1v) is 13.7. The number of ether oxygens (including phenoxy) is 1. The molecule has 6 nitrogen and oxygen atoms in total. The maximum Gasteiger partial charge on any atom is 0.407 e. The molecule has 1 amide bonds. The minimum atomic E-state index is -0.280. The van der Waals surface area contributed by atoms with Crippen LogP contribution in [-0.2, 0) is 11.3 Å². The predicted octanol–water partition coefficient (Wildman–Crippen LogP) is 5.36. The van der Waals surface area contributed by atoms with E-state index in [2.05, 4.69) is 39.4 Å². The van der Waals surface area contributed by atoms with Crippen molar-refractivity contribution in [2.75, 3.05) is 37.6 Å². The van der Waals surface area contributed by atoms with Gasteiger partial charge in [-0.25, -0.2) is 4.79 Å². The van der Waals surface area contributed by atoms with Crippen molar-refractivity contribution in [1.82, 2.24) is 14.6 Å². The standard InChI is InChI=1S/C25H32N4O2S2/c30-25(31-18-21-4-3-17-32-21)26-20-9-7-19(8-10-20)11-12-28-13-15-29(16-14-28)24-22-5-1-2-6-23(22)33-27-24/h1-6,17,19-20H,7-16,18H2,(H,26,30). The number of hydrogen-bond donors (Lipinski definition) is 1. The first-order valence-electron chi connectivity index (χ1n) is 12.0. The van der Waals surface area contributed by atoms with E-state index < -0.39 is 0 Å². The molecule has 3 heterocycles. The van der Waals surface area contributed by atoms with Crippen molar-refractivity contribution in [2.45, 2.75) is 44.8 Å². The summed E-state index contributed by atoms with van der Waals surface area (Å²) >= 11 is 3.22. The highest BCUT2D eigenvalue weighted by Gasteiger charge is 2.25. The third kappa shape index (κ3) is 5.86. The fraction of sp³-hybridized carbons (Fsp3) is 0.520. The highest BCUT2D eigenvalue weighted by molar-refractivity contribution is 7.13. The number of carbonyl (C=O) groups excluding carboxylic acids is 1. The predicted molar refractivity (Wildman–Crippen MR) is 136 cm³/mol. The van der Waals surface area contributed by atoms with Gasteiger partial charge in [-0.2, -0.15) is 4.37 Å². The lowest BCUT2D eigenvalue weighted by molar-refractivity contribution is 0.131. The second-order valence-electron chi connectivity index (χ2n) is 9.14. The van der Waals surface area contributed by atoms with Crippen LogP contribution in [0.2, 0.25) is 0 Å². The quantitative estimate of drug-likeness (QED) is 0.490. The number of anilines is 1. The number of piperazine rings is 1. The van der Waals surface area contributed by atoms with Crippen molar-refractivity contribution >= 4 is 44.9 Å². The lowest BCUT2D eigenvalue weighted by atomic mass is 9.84. The van der Waals surface area contributed by atoms with E-state index in [4.69, 9.17) is 9.11 Å². The first kappa shape index (κ1) is 22.6. The zero-order chi connectivity index (χ0) is 22.5. The van der Waals surface area contributed by atoms with Gasteiger partial charge in [0.25, 0.3) is 0 Å². The number of fused-ring (bicyclic) bond motifs is 1. The number of nitrogens with one attached hydrogen (secondary N) is 1. The van der Waals surface area contributed by atoms with Crippen LogP contribution in [0, 0.1) is 5.92 Å². The molecule has 1 saturated heterocycles. The van der Waals surface area contributed by atoms with Crippen molar-refractivity contribution in [3.63, 3.8) is 0 Å². The maximum absolute atomic E-state index is 12.1. The van der Waals surface area contributed by atoms with Gasteiger partial charge in [0.1, 0.15) is 12.4 Å². The third-order valence-corrected chi connectivity index (χ3v) is 8.64. The molecule has 1 aliphatic carbocycles. The Bertz CT molecular complexity index is 1020. The van der Waals surface area contributed by atoms with E-state index in [0.717, 1.165) is 55.6 Å². The van der Waals surface area contributed by atoms with Crippen molar-refractivity contribution in [3.05, 3.63) is 46.7 Å². The molecule has 33 heavy (non-hydrogen) atoms. The molecule has 176 valence electrons. The second-order valence-corrected chi connectivity index (χ2v) is 11.0. The Hall–Kier alpha value is -2.16. The largest absolute Gasteiger partial charge is 0.444 e. The highest BCUT2D eigenvalue weighted by Crippen LogP contribution is 2.30. The topological polar surface area (TPSA) is 57.7 Å². The van der Waals surface area contributed by atoms with Gasteiger partial charge in [-0.15, -0.1) is 11.3 Å². The van der Waals surface area contributed by atoms with Crippen LogP contribution < -0.4 is 10.2 Å². The molecular formula is C25H32N4O2S2. The van der Waals surface area contributed by atoms with Gasteiger partial charge in [0, 0.05) is 42.5 Å².